The molecule has 2 aromatic carbocycles. The largest absolute Gasteiger partial charge is 1.00 e. The summed E-state index contributed by atoms with van der Waals surface area (Å²) in [5.74, 6) is 1.59. The van der Waals surface area contributed by atoms with E-state index in [4.69, 9.17) is 19.9 Å². The van der Waals surface area contributed by atoms with E-state index in [1.54, 1.807) is 12.4 Å². The predicted octanol–water partition coefficient (Wildman–Crippen LogP) is 1.69. The van der Waals surface area contributed by atoms with Crippen molar-refractivity contribution in [1.82, 2.24) is 29.9 Å². The third kappa shape index (κ3) is 7.42. The number of nitrogens with zero attached hydrogens (tertiary/aromatic N) is 5. The van der Waals surface area contributed by atoms with Crippen molar-refractivity contribution < 1.29 is 38.8 Å². The number of hydrogen-bond donors (Lipinski definition) is 1. The number of pyridine rings is 4. The maximum Gasteiger partial charge on any atom is 1.00 e. The van der Waals surface area contributed by atoms with Gasteiger partial charge in [0, 0.05) is 59.6 Å². The van der Waals surface area contributed by atoms with Gasteiger partial charge in [-0.2, -0.15) is 0 Å². The van der Waals surface area contributed by atoms with Gasteiger partial charge in [0.2, 0.25) is 11.5 Å². The van der Waals surface area contributed by atoms with Crippen molar-refractivity contribution in [3.8, 4) is 22.8 Å². The Balaban J connectivity index is 0.000000250. The van der Waals surface area contributed by atoms with Crippen LogP contribution < -0.4 is 43.8 Å². The molecule has 0 aliphatic carbocycles. The standard InChI is InChI=1S/C26H15N8.2C5H5N.Li/c1-2-8-16-15(7-1)23-29-19-11-5-13-21(27-19)31-25-17-9-3-4-10-18(17)26(34-25)32-22-14-6-12-20(28-22)30-24(16)33-23;2*1-2-4-6-5-3-1;/h1-14H,(H-,27,28,29,30,31,32,33,34);2*1-5H;/q-1;;;+1/p+4. The minimum atomic E-state index is 0. The second-order valence-electron chi connectivity index (χ2n) is 10.1. The fourth-order valence-corrected chi connectivity index (χ4v) is 4.92. The van der Waals surface area contributed by atoms with Crippen LogP contribution >= 0.6 is 0 Å². The van der Waals surface area contributed by atoms with Crippen molar-refractivity contribution in [1.29, 1.82) is 0 Å². The van der Waals surface area contributed by atoms with Crippen molar-refractivity contribution in [3.05, 3.63) is 146 Å². The zero-order valence-corrected chi connectivity index (χ0v) is 25.6. The molecule has 1 aliphatic rings. The van der Waals surface area contributed by atoms with Gasteiger partial charge in [-0.25, -0.2) is 24.9 Å². The Kier molecular flexibility index (Phi) is 9.74. The van der Waals surface area contributed by atoms with Gasteiger partial charge in [0.25, 0.3) is 22.8 Å². The minimum absolute atomic E-state index is 0. The summed E-state index contributed by atoms with van der Waals surface area (Å²) < 4.78 is 0. The first-order valence-corrected chi connectivity index (χ1v) is 14.7. The Labute approximate surface area is 281 Å². The minimum Gasteiger partial charge on any atom is -0.299 e. The van der Waals surface area contributed by atoms with Crippen LogP contribution in [0.15, 0.2) is 146 Å². The first-order valence-electron chi connectivity index (χ1n) is 14.7. The molecule has 47 heavy (non-hydrogen) atoms. The molecule has 8 aromatic rings. The number of nitrogens with one attached hydrogen (secondary N) is 5. The fourth-order valence-electron chi connectivity index (χ4n) is 4.92. The average Bonchev–Trinajstić information content (AvgIpc) is 3.64. The number of hydrogen-bond acceptors (Lipinski definition) is 4. The molecule has 0 saturated carbocycles. The Morgan fingerprint density at radius 1 is 0.511 bits per heavy atom. The van der Waals surface area contributed by atoms with E-state index < -0.39 is 0 Å². The van der Waals surface area contributed by atoms with Gasteiger partial charge < -0.3 is 0 Å². The van der Waals surface area contributed by atoms with Gasteiger partial charge in [-0.15, -0.1) is 0 Å². The van der Waals surface area contributed by atoms with Crippen LogP contribution in [0.5, 0.6) is 0 Å². The van der Waals surface area contributed by atoms with Crippen LogP contribution in [0, 0.1) is 0 Å². The molecule has 1 aliphatic heterocycles. The maximum atomic E-state index is 4.85. The molecule has 0 spiro atoms. The zero-order valence-electron chi connectivity index (χ0n) is 25.6. The Morgan fingerprint density at radius 2 is 1.11 bits per heavy atom. The van der Waals surface area contributed by atoms with E-state index in [2.05, 4.69) is 42.0 Å². The second kappa shape index (κ2) is 14.8. The molecule has 7 heterocycles. The normalized spacial score (nSPS) is 10.4. The van der Waals surface area contributed by atoms with Crippen molar-refractivity contribution in [2.75, 3.05) is 0 Å². The van der Waals surface area contributed by atoms with Gasteiger partial charge in [-0.05, 0) is 36.4 Å². The second-order valence-corrected chi connectivity index (χ2v) is 10.1. The molecule has 8 bridgehead atoms. The molecule has 0 amide bonds. The number of aromatic amines is 5. The van der Waals surface area contributed by atoms with Crippen molar-refractivity contribution in [2.24, 2.45) is 0 Å². The summed E-state index contributed by atoms with van der Waals surface area (Å²) in [7, 11) is 0. The summed E-state index contributed by atoms with van der Waals surface area (Å²) in [6, 6.07) is 39.3. The van der Waals surface area contributed by atoms with Crippen LogP contribution in [0.4, 0.5) is 0 Å². The summed E-state index contributed by atoms with van der Waals surface area (Å²) in [5, 5.41) is 1.88. The maximum absolute atomic E-state index is 4.85. The molecule has 6 aromatic heterocycles. The van der Waals surface area contributed by atoms with E-state index >= 15 is 0 Å². The van der Waals surface area contributed by atoms with E-state index in [1.807, 2.05) is 122 Å². The third-order valence-electron chi connectivity index (χ3n) is 6.98. The molecule has 10 nitrogen and oxygen atoms in total. The van der Waals surface area contributed by atoms with Gasteiger partial charge in [-0.1, -0.05) is 63.5 Å². The van der Waals surface area contributed by atoms with E-state index in [0.717, 1.165) is 39.2 Å². The average molecular weight is 609 g/mol. The summed E-state index contributed by atoms with van der Waals surface area (Å²) in [6.07, 6.45) is 7.25. The Morgan fingerprint density at radius 3 is 1.70 bits per heavy atom. The molecule has 0 saturated heterocycles. The molecule has 0 unspecified atom stereocenters. The number of rotatable bonds is 0. The third-order valence-corrected chi connectivity index (χ3v) is 6.98. The molecular weight excluding hydrogens is 579 g/mol. The molecule has 0 fully saturated rings. The van der Waals surface area contributed by atoms with Gasteiger partial charge in [0.05, 0.1) is 11.1 Å². The van der Waals surface area contributed by atoms with Crippen LogP contribution in [0.1, 0.15) is 0 Å². The smallest absolute Gasteiger partial charge is 0.299 e. The molecule has 9 rings (SSSR count). The first-order chi connectivity index (χ1) is 22.8. The van der Waals surface area contributed by atoms with Crippen molar-refractivity contribution in [3.63, 3.8) is 0 Å². The fraction of sp³-hybridized carbons (Fsp3) is 0. The van der Waals surface area contributed by atoms with E-state index in [0.29, 0.717) is 28.2 Å². The Bertz CT molecular complexity index is 2180. The number of H-pyrrole nitrogens is 5. The van der Waals surface area contributed by atoms with E-state index in [-0.39, 0.29) is 18.9 Å². The SMILES string of the molecule is [Li+].c1cc[nH+]cc1.c1ccc2c(c1)-c1nc3cccc(nc4[n-]c(nc5cccc([nH]c-2[nH+]1)[nH+]5)c1ccccc41)[nH+]3.c1ccncc1. The molecule has 11 heteroatoms. The quantitative estimate of drug-likeness (QED) is 0.261. The van der Waals surface area contributed by atoms with Crippen LogP contribution in [0.25, 0.3) is 67.4 Å². The van der Waals surface area contributed by atoms with Gasteiger partial charge in [0.1, 0.15) is 0 Å². The van der Waals surface area contributed by atoms with E-state index in [1.165, 1.54) is 0 Å². The van der Waals surface area contributed by atoms with Crippen LogP contribution in [0.2, 0.25) is 0 Å². The van der Waals surface area contributed by atoms with Gasteiger partial charge in [-0.3, -0.25) is 9.97 Å². The number of fused-ring (bicyclic) bond motifs is 14. The monoisotopic (exact) mass is 608 g/mol. The zero-order chi connectivity index (χ0) is 31.0. The van der Waals surface area contributed by atoms with E-state index in [9.17, 15) is 0 Å². The molecule has 220 valence electrons. The Hall–Kier alpha value is -6.08. The van der Waals surface area contributed by atoms with Crippen LogP contribution in [0.3, 0.4) is 0 Å². The predicted molar refractivity (Wildman–Crippen MR) is 174 cm³/mol. The summed E-state index contributed by atoms with van der Waals surface area (Å²) >= 11 is 0. The van der Waals surface area contributed by atoms with Crippen LogP contribution in [-0.4, -0.2) is 24.9 Å². The molecule has 0 atom stereocenters. The molecule has 0 radical (unpaired) electrons. The van der Waals surface area contributed by atoms with Gasteiger partial charge >= 0.3 is 18.9 Å². The van der Waals surface area contributed by atoms with Gasteiger partial charge in [0.15, 0.2) is 23.7 Å². The van der Waals surface area contributed by atoms with Crippen LogP contribution in [-0.2, 0) is 0 Å². The summed E-state index contributed by atoms with van der Waals surface area (Å²) in [5.41, 5.74) is 6.09. The molecule has 5 N–H and O–H groups in total. The van der Waals surface area contributed by atoms with Crippen molar-refractivity contribution in [2.45, 2.75) is 0 Å². The summed E-state index contributed by atoms with van der Waals surface area (Å²) in [6.45, 7) is 0. The first kappa shape index (κ1) is 30.9. The molecular formula is C36H29LiN10+4. The summed E-state index contributed by atoms with van der Waals surface area (Å²) in [4.78, 5) is 39.4. The van der Waals surface area contributed by atoms with Crippen molar-refractivity contribution >= 4 is 44.7 Å². The number of benzene rings is 2. The number of aromatic nitrogens is 10. The topological polar surface area (TPSA) is 138 Å².